The van der Waals surface area contributed by atoms with Crippen LogP contribution in [-0.4, -0.2) is 69.7 Å². The Morgan fingerprint density at radius 1 is 0.969 bits per heavy atom. The predicted octanol–water partition coefficient (Wildman–Crippen LogP) is -2.37. The first-order valence-electron chi connectivity index (χ1n) is 9.51. The number of carbonyl (C=O) groups excluding carboxylic acids is 4. The number of rotatable bonds is 12. The van der Waals surface area contributed by atoms with Crippen molar-refractivity contribution in [3.8, 4) is 5.75 Å². The standard InChI is InChI=1S/C19H27N5O7S/c1-9(19(30)31)22-18(29)14(8-32)24-17(28)13(7-15(21)26)23-16(27)12(20)6-10-2-4-11(25)5-3-10/h2-5,9,12-14,25,32H,6-8,20H2,1H3,(H2,21,26)(H,22,29)(H,23,27)(H,24,28)(H,30,31). The van der Waals surface area contributed by atoms with Gasteiger partial charge in [-0.3, -0.25) is 24.0 Å². The van der Waals surface area contributed by atoms with Crippen LogP contribution in [0.1, 0.15) is 18.9 Å². The fourth-order valence-corrected chi connectivity index (χ4v) is 2.77. The van der Waals surface area contributed by atoms with Gasteiger partial charge in [-0.2, -0.15) is 12.6 Å². The number of amides is 4. The summed E-state index contributed by atoms with van der Waals surface area (Å²) in [6.45, 7) is 1.24. The van der Waals surface area contributed by atoms with Crippen LogP contribution >= 0.6 is 12.6 Å². The van der Waals surface area contributed by atoms with Gasteiger partial charge in [0.05, 0.1) is 12.5 Å². The Kier molecular flexibility index (Phi) is 10.4. The van der Waals surface area contributed by atoms with E-state index in [4.69, 9.17) is 16.6 Å². The molecule has 9 N–H and O–H groups in total. The SMILES string of the molecule is CC(NC(=O)C(CS)NC(=O)C(CC(N)=O)NC(=O)C(N)Cc1ccc(O)cc1)C(=O)O. The van der Waals surface area contributed by atoms with E-state index in [1.165, 1.54) is 19.1 Å². The number of benzene rings is 1. The maximum atomic E-state index is 12.6. The second-order valence-electron chi connectivity index (χ2n) is 7.02. The summed E-state index contributed by atoms with van der Waals surface area (Å²) in [5, 5.41) is 25.0. The van der Waals surface area contributed by atoms with Gasteiger partial charge in [0.15, 0.2) is 0 Å². The third-order valence-electron chi connectivity index (χ3n) is 4.31. The summed E-state index contributed by atoms with van der Waals surface area (Å²) in [7, 11) is 0. The number of carboxylic acid groups (broad SMARTS) is 1. The second-order valence-corrected chi connectivity index (χ2v) is 7.39. The van der Waals surface area contributed by atoms with Gasteiger partial charge in [0.25, 0.3) is 0 Å². The number of aliphatic carboxylic acids is 1. The van der Waals surface area contributed by atoms with Gasteiger partial charge in [-0.05, 0) is 31.0 Å². The molecule has 0 saturated carbocycles. The minimum atomic E-state index is -1.42. The molecule has 0 aliphatic carbocycles. The van der Waals surface area contributed by atoms with Crippen molar-refractivity contribution in [3.05, 3.63) is 29.8 Å². The van der Waals surface area contributed by atoms with E-state index in [0.29, 0.717) is 5.56 Å². The lowest BCUT2D eigenvalue weighted by atomic mass is 10.0. The molecule has 4 unspecified atom stereocenters. The number of primary amides is 1. The average molecular weight is 470 g/mol. The Morgan fingerprint density at radius 3 is 2.00 bits per heavy atom. The van der Waals surface area contributed by atoms with Crippen molar-refractivity contribution in [1.29, 1.82) is 0 Å². The molecule has 32 heavy (non-hydrogen) atoms. The molecule has 0 radical (unpaired) electrons. The monoisotopic (exact) mass is 469 g/mol. The Bertz CT molecular complexity index is 849. The van der Waals surface area contributed by atoms with Crippen LogP contribution in [0.4, 0.5) is 0 Å². The molecular weight excluding hydrogens is 442 g/mol. The topological polar surface area (TPSA) is 214 Å². The molecule has 13 heteroatoms. The second kappa shape index (κ2) is 12.5. The van der Waals surface area contributed by atoms with Crippen molar-refractivity contribution in [2.24, 2.45) is 11.5 Å². The summed E-state index contributed by atoms with van der Waals surface area (Å²) >= 11 is 3.97. The lowest BCUT2D eigenvalue weighted by Crippen LogP contribution is -2.58. The molecule has 1 rings (SSSR count). The summed E-state index contributed by atoms with van der Waals surface area (Å²) in [6, 6.07) is 1.06. The Labute approximate surface area is 189 Å². The Hall–Kier alpha value is -3.32. The first-order chi connectivity index (χ1) is 14.9. The van der Waals surface area contributed by atoms with Gasteiger partial charge in [0.2, 0.25) is 23.6 Å². The number of nitrogens with one attached hydrogen (secondary N) is 3. The van der Waals surface area contributed by atoms with Gasteiger partial charge in [0.1, 0.15) is 23.9 Å². The molecule has 0 aliphatic rings. The molecule has 12 nitrogen and oxygen atoms in total. The molecule has 1 aromatic carbocycles. The highest BCUT2D eigenvalue weighted by Crippen LogP contribution is 2.11. The first kappa shape index (κ1) is 26.7. The molecule has 0 aliphatic heterocycles. The van der Waals surface area contributed by atoms with Gasteiger partial charge >= 0.3 is 5.97 Å². The smallest absolute Gasteiger partial charge is 0.325 e. The van der Waals surface area contributed by atoms with E-state index in [1.54, 1.807) is 12.1 Å². The number of thiol groups is 1. The summed E-state index contributed by atoms with van der Waals surface area (Å²) in [4.78, 5) is 59.5. The van der Waals surface area contributed by atoms with Crippen LogP contribution in [0.3, 0.4) is 0 Å². The fraction of sp³-hybridized carbons (Fsp3) is 0.421. The quantitative estimate of drug-likeness (QED) is 0.154. The highest BCUT2D eigenvalue weighted by Gasteiger charge is 2.29. The van der Waals surface area contributed by atoms with Crippen molar-refractivity contribution in [2.75, 3.05) is 5.75 Å². The van der Waals surface area contributed by atoms with Crippen LogP contribution in [0, 0.1) is 0 Å². The number of aromatic hydroxyl groups is 1. The van der Waals surface area contributed by atoms with Crippen LogP contribution < -0.4 is 27.4 Å². The molecule has 0 fully saturated rings. The molecule has 4 atom stereocenters. The van der Waals surface area contributed by atoms with Gasteiger partial charge in [-0.25, -0.2) is 0 Å². The van der Waals surface area contributed by atoms with E-state index in [0.717, 1.165) is 0 Å². The van der Waals surface area contributed by atoms with Crippen LogP contribution in [0.15, 0.2) is 24.3 Å². The van der Waals surface area contributed by atoms with Crippen molar-refractivity contribution >= 4 is 42.2 Å². The van der Waals surface area contributed by atoms with Crippen LogP contribution in [0.25, 0.3) is 0 Å². The van der Waals surface area contributed by atoms with Gasteiger partial charge < -0.3 is 37.6 Å². The maximum Gasteiger partial charge on any atom is 0.325 e. The predicted molar refractivity (Wildman–Crippen MR) is 117 cm³/mol. The van der Waals surface area contributed by atoms with Crippen LogP contribution in [-0.2, 0) is 30.4 Å². The van der Waals surface area contributed by atoms with Crippen molar-refractivity contribution in [3.63, 3.8) is 0 Å². The van der Waals surface area contributed by atoms with E-state index >= 15 is 0 Å². The Balaban J connectivity index is 2.82. The largest absolute Gasteiger partial charge is 0.508 e. The normalized spacial score (nSPS) is 14.3. The first-order valence-corrected chi connectivity index (χ1v) is 10.1. The number of carbonyl (C=O) groups is 5. The summed E-state index contributed by atoms with van der Waals surface area (Å²) in [6.07, 6.45) is -0.471. The molecule has 0 bridgehead atoms. The van der Waals surface area contributed by atoms with Crippen molar-refractivity contribution in [2.45, 2.75) is 43.9 Å². The highest BCUT2D eigenvalue weighted by atomic mass is 32.1. The third kappa shape index (κ3) is 8.81. The van der Waals surface area contributed by atoms with E-state index in [-0.39, 0.29) is 17.9 Å². The zero-order chi connectivity index (χ0) is 24.4. The van der Waals surface area contributed by atoms with Gasteiger partial charge in [0, 0.05) is 5.75 Å². The number of phenols is 1. The van der Waals surface area contributed by atoms with Gasteiger partial charge in [-0.1, -0.05) is 12.1 Å². The molecular formula is C19H27N5O7S. The zero-order valence-corrected chi connectivity index (χ0v) is 18.2. The lowest BCUT2D eigenvalue weighted by molar-refractivity contribution is -0.141. The molecule has 0 spiro atoms. The number of carboxylic acids is 1. The molecule has 4 amide bonds. The molecule has 1 aromatic rings. The van der Waals surface area contributed by atoms with E-state index in [1.807, 2.05) is 0 Å². The number of hydrogen-bond donors (Lipinski definition) is 8. The Morgan fingerprint density at radius 2 is 1.50 bits per heavy atom. The third-order valence-corrected chi connectivity index (χ3v) is 4.68. The van der Waals surface area contributed by atoms with E-state index in [9.17, 15) is 29.1 Å². The van der Waals surface area contributed by atoms with E-state index in [2.05, 4.69) is 28.6 Å². The van der Waals surface area contributed by atoms with Crippen LogP contribution in [0.5, 0.6) is 5.75 Å². The fourth-order valence-electron chi connectivity index (χ4n) is 2.51. The molecule has 0 heterocycles. The summed E-state index contributed by atoms with van der Waals surface area (Å²) in [5.41, 5.74) is 11.7. The number of phenolic OH excluding ortho intramolecular Hbond substituents is 1. The minimum absolute atomic E-state index is 0.0468. The minimum Gasteiger partial charge on any atom is -0.508 e. The zero-order valence-electron chi connectivity index (χ0n) is 17.3. The molecule has 0 aromatic heterocycles. The van der Waals surface area contributed by atoms with Crippen molar-refractivity contribution < 1.29 is 34.2 Å². The average Bonchev–Trinajstić information content (AvgIpc) is 2.72. The summed E-state index contributed by atoms with van der Waals surface area (Å²) < 4.78 is 0. The van der Waals surface area contributed by atoms with Crippen molar-refractivity contribution in [1.82, 2.24) is 16.0 Å². The van der Waals surface area contributed by atoms with Gasteiger partial charge in [-0.15, -0.1) is 0 Å². The highest BCUT2D eigenvalue weighted by molar-refractivity contribution is 7.80. The molecule has 176 valence electrons. The van der Waals surface area contributed by atoms with Crippen LogP contribution in [0.2, 0.25) is 0 Å². The summed E-state index contributed by atoms with van der Waals surface area (Å²) in [5.74, 6) is -4.74. The molecule has 0 saturated heterocycles. The number of nitrogens with two attached hydrogens (primary N) is 2. The number of hydrogen-bond acceptors (Lipinski definition) is 8. The maximum absolute atomic E-state index is 12.6. The lowest BCUT2D eigenvalue weighted by Gasteiger charge is -2.23. The van der Waals surface area contributed by atoms with E-state index < -0.39 is 60.2 Å².